The third-order valence-corrected chi connectivity index (χ3v) is 5.33. The number of sulfone groups is 1. The van der Waals surface area contributed by atoms with Crippen molar-refractivity contribution in [3.05, 3.63) is 35.4 Å². The fraction of sp³-hybridized carbons (Fsp3) is 0.625. The second-order valence-electron chi connectivity index (χ2n) is 5.36. The highest BCUT2D eigenvalue weighted by atomic mass is 32.2. The molecule has 0 spiro atoms. The number of benzene rings is 1. The van der Waals surface area contributed by atoms with E-state index in [-0.39, 0.29) is 11.7 Å². The molecule has 3 nitrogen and oxygen atoms in total. The number of likely N-dealkylation sites (N-methyl/N-ethyl adjacent to an activating group) is 1. The van der Waals surface area contributed by atoms with Gasteiger partial charge in [-0.1, -0.05) is 43.7 Å². The summed E-state index contributed by atoms with van der Waals surface area (Å²) >= 11 is 0. The Kier molecular flexibility index (Phi) is 7.24. The van der Waals surface area contributed by atoms with Crippen molar-refractivity contribution in [2.24, 2.45) is 0 Å². The van der Waals surface area contributed by atoms with Crippen LogP contribution in [-0.4, -0.2) is 33.0 Å². The minimum atomic E-state index is -2.90. The Bertz CT molecular complexity index is 497. The van der Waals surface area contributed by atoms with Crippen molar-refractivity contribution in [3.63, 3.8) is 0 Å². The predicted molar refractivity (Wildman–Crippen MR) is 86.0 cm³/mol. The zero-order chi connectivity index (χ0) is 15.0. The van der Waals surface area contributed by atoms with Crippen molar-refractivity contribution in [1.82, 2.24) is 5.32 Å². The summed E-state index contributed by atoms with van der Waals surface area (Å²) in [6, 6.07) is 8.38. The summed E-state index contributed by atoms with van der Waals surface area (Å²) in [5, 5.41) is 3.34. The lowest BCUT2D eigenvalue weighted by Crippen LogP contribution is -2.23. The maximum Gasteiger partial charge on any atom is 0.150 e. The number of hydrogen-bond acceptors (Lipinski definition) is 3. The van der Waals surface area contributed by atoms with E-state index < -0.39 is 9.84 Å². The number of nitrogens with one attached hydrogen (secondary N) is 1. The van der Waals surface area contributed by atoms with Crippen LogP contribution in [0.5, 0.6) is 0 Å². The van der Waals surface area contributed by atoms with Gasteiger partial charge in [0.15, 0.2) is 0 Å². The Morgan fingerprint density at radius 1 is 1.20 bits per heavy atom. The van der Waals surface area contributed by atoms with Crippen LogP contribution in [0.3, 0.4) is 0 Å². The normalized spacial score (nSPS) is 13.3. The molecule has 4 heteroatoms. The van der Waals surface area contributed by atoms with E-state index in [4.69, 9.17) is 0 Å². The van der Waals surface area contributed by atoms with Crippen LogP contribution in [0.2, 0.25) is 0 Å². The summed E-state index contributed by atoms with van der Waals surface area (Å²) in [6.07, 6.45) is 1.39. The number of hydrogen-bond donors (Lipinski definition) is 1. The van der Waals surface area contributed by atoms with E-state index >= 15 is 0 Å². The Hall–Kier alpha value is -0.870. The van der Waals surface area contributed by atoms with Crippen LogP contribution < -0.4 is 5.32 Å². The quantitative estimate of drug-likeness (QED) is 0.762. The SMILES string of the molecule is CCCS(=O)(=O)CCC(CNCC)c1cccc(C)c1. The Labute approximate surface area is 123 Å². The lowest BCUT2D eigenvalue weighted by molar-refractivity contribution is 0.563. The van der Waals surface area contributed by atoms with Crippen LogP contribution >= 0.6 is 0 Å². The van der Waals surface area contributed by atoms with Crippen molar-refractivity contribution in [3.8, 4) is 0 Å². The molecule has 0 fully saturated rings. The summed E-state index contributed by atoms with van der Waals surface area (Å²) in [5.74, 6) is 0.848. The molecule has 1 unspecified atom stereocenters. The summed E-state index contributed by atoms with van der Waals surface area (Å²) in [5.41, 5.74) is 2.46. The molecule has 0 heterocycles. The molecule has 20 heavy (non-hydrogen) atoms. The van der Waals surface area contributed by atoms with Crippen molar-refractivity contribution < 1.29 is 8.42 Å². The topological polar surface area (TPSA) is 46.2 Å². The molecule has 0 aromatic heterocycles. The lowest BCUT2D eigenvalue weighted by Gasteiger charge is -2.18. The highest BCUT2D eigenvalue weighted by molar-refractivity contribution is 7.91. The van der Waals surface area contributed by atoms with Crippen molar-refractivity contribution in [2.45, 2.75) is 39.5 Å². The van der Waals surface area contributed by atoms with E-state index in [1.807, 2.05) is 13.0 Å². The van der Waals surface area contributed by atoms with Crippen molar-refractivity contribution in [2.75, 3.05) is 24.6 Å². The second kappa shape index (κ2) is 8.42. The van der Waals surface area contributed by atoms with E-state index in [1.165, 1.54) is 11.1 Å². The van der Waals surface area contributed by atoms with E-state index in [0.29, 0.717) is 18.6 Å². The Morgan fingerprint density at radius 3 is 2.55 bits per heavy atom. The predicted octanol–water partition coefficient (Wildman–Crippen LogP) is 2.90. The summed E-state index contributed by atoms with van der Waals surface area (Å²) in [7, 11) is -2.90. The molecule has 0 aliphatic heterocycles. The molecule has 0 saturated carbocycles. The first-order valence-electron chi connectivity index (χ1n) is 7.46. The maximum absolute atomic E-state index is 11.9. The smallest absolute Gasteiger partial charge is 0.150 e. The molecular formula is C16H27NO2S. The molecule has 0 bridgehead atoms. The molecule has 0 aliphatic carbocycles. The lowest BCUT2D eigenvalue weighted by atomic mass is 9.95. The van der Waals surface area contributed by atoms with Gasteiger partial charge in [-0.3, -0.25) is 0 Å². The monoisotopic (exact) mass is 297 g/mol. The first-order valence-corrected chi connectivity index (χ1v) is 9.28. The number of rotatable bonds is 9. The van der Waals surface area contributed by atoms with Gasteiger partial charge in [-0.15, -0.1) is 0 Å². The zero-order valence-corrected chi connectivity index (χ0v) is 13.7. The van der Waals surface area contributed by atoms with Gasteiger partial charge in [0.05, 0.1) is 5.75 Å². The summed E-state index contributed by atoms with van der Waals surface area (Å²) in [4.78, 5) is 0. The van der Waals surface area contributed by atoms with Gasteiger partial charge in [0.1, 0.15) is 9.84 Å². The van der Waals surface area contributed by atoms with Crippen molar-refractivity contribution in [1.29, 1.82) is 0 Å². The fourth-order valence-corrected chi connectivity index (χ4v) is 3.83. The maximum atomic E-state index is 11.9. The molecule has 1 aromatic carbocycles. The summed E-state index contributed by atoms with van der Waals surface area (Å²) < 4.78 is 23.8. The van der Waals surface area contributed by atoms with Crippen LogP contribution in [0.1, 0.15) is 43.7 Å². The van der Waals surface area contributed by atoms with Gasteiger partial charge in [0.2, 0.25) is 0 Å². The highest BCUT2D eigenvalue weighted by Gasteiger charge is 2.16. The molecule has 1 aromatic rings. The highest BCUT2D eigenvalue weighted by Crippen LogP contribution is 2.21. The molecule has 114 valence electrons. The minimum absolute atomic E-state index is 0.265. The molecule has 0 saturated heterocycles. The molecule has 1 atom stereocenters. The first kappa shape index (κ1) is 17.2. The first-order chi connectivity index (χ1) is 9.48. The van der Waals surface area contributed by atoms with Gasteiger partial charge < -0.3 is 5.32 Å². The molecule has 0 radical (unpaired) electrons. The van der Waals surface area contributed by atoms with Gasteiger partial charge in [0, 0.05) is 12.3 Å². The van der Waals surface area contributed by atoms with E-state index in [2.05, 4.69) is 37.4 Å². The van der Waals surface area contributed by atoms with E-state index in [1.54, 1.807) is 0 Å². The molecule has 1 rings (SSSR count). The van der Waals surface area contributed by atoms with Gasteiger partial charge in [-0.25, -0.2) is 8.42 Å². The van der Waals surface area contributed by atoms with E-state index in [9.17, 15) is 8.42 Å². The minimum Gasteiger partial charge on any atom is -0.316 e. The molecular weight excluding hydrogens is 270 g/mol. The number of aryl methyl sites for hydroxylation is 1. The van der Waals surface area contributed by atoms with Crippen LogP contribution in [0.4, 0.5) is 0 Å². The Balaban J connectivity index is 2.75. The van der Waals surface area contributed by atoms with Gasteiger partial charge in [-0.05, 0) is 37.8 Å². The van der Waals surface area contributed by atoms with Crippen LogP contribution in [0, 0.1) is 6.92 Å². The second-order valence-corrected chi connectivity index (χ2v) is 7.66. The average Bonchev–Trinajstić information content (AvgIpc) is 2.38. The molecule has 0 amide bonds. The fourth-order valence-electron chi connectivity index (χ4n) is 2.36. The Morgan fingerprint density at radius 2 is 1.95 bits per heavy atom. The summed E-state index contributed by atoms with van der Waals surface area (Å²) in [6.45, 7) is 7.79. The standard InChI is InChI=1S/C16H27NO2S/c1-4-10-20(18,19)11-9-16(13-17-5-2)15-8-6-7-14(3)12-15/h6-8,12,16-17H,4-5,9-11,13H2,1-3H3. The molecule has 1 N–H and O–H groups in total. The average molecular weight is 297 g/mol. The third kappa shape index (κ3) is 6.06. The van der Waals surface area contributed by atoms with Crippen LogP contribution in [0.15, 0.2) is 24.3 Å². The van der Waals surface area contributed by atoms with Crippen LogP contribution in [-0.2, 0) is 9.84 Å². The zero-order valence-electron chi connectivity index (χ0n) is 12.9. The third-order valence-electron chi connectivity index (χ3n) is 3.45. The van der Waals surface area contributed by atoms with Crippen LogP contribution in [0.25, 0.3) is 0 Å². The van der Waals surface area contributed by atoms with Gasteiger partial charge in [0.25, 0.3) is 0 Å². The van der Waals surface area contributed by atoms with Gasteiger partial charge in [-0.2, -0.15) is 0 Å². The van der Waals surface area contributed by atoms with Crippen molar-refractivity contribution >= 4 is 9.84 Å². The van der Waals surface area contributed by atoms with Gasteiger partial charge >= 0.3 is 0 Å². The molecule has 0 aliphatic rings. The van der Waals surface area contributed by atoms with E-state index in [0.717, 1.165) is 13.1 Å². The largest absolute Gasteiger partial charge is 0.316 e.